The normalized spacial score (nSPS) is 25.8. The maximum absolute atomic E-state index is 3.61. The maximum Gasteiger partial charge on any atom is 0.0277 e. The smallest absolute Gasteiger partial charge is 0.0277 e. The van der Waals surface area contributed by atoms with Gasteiger partial charge in [0.2, 0.25) is 0 Å². The molecular weight excluding hydrogens is 210 g/mol. The van der Waals surface area contributed by atoms with Crippen molar-refractivity contribution in [2.24, 2.45) is 0 Å². The standard InChI is InChI=1S/C14H31N3/c1-7-13(15-8-2)12(3)17-10-9-16(6)14(4,5)11-17/h12-13,15H,7-11H2,1-6H3. The first-order valence-corrected chi connectivity index (χ1v) is 7.11. The molecule has 1 N–H and O–H groups in total. The second-order valence-electron chi connectivity index (χ2n) is 6.02. The molecule has 0 bridgehead atoms. The second kappa shape index (κ2) is 6.17. The summed E-state index contributed by atoms with van der Waals surface area (Å²) in [5, 5.41) is 3.61. The van der Waals surface area contributed by atoms with Crippen LogP contribution in [0.2, 0.25) is 0 Å². The SMILES string of the molecule is CCNC(CC)C(C)N1CCN(C)C(C)(C)C1. The molecular formula is C14H31N3. The van der Waals surface area contributed by atoms with Gasteiger partial charge < -0.3 is 5.32 Å². The minimum atomic E-state index is 0.303. The Hall–Kier alpha value is -0.120. The number of nitrogens with zero attached hydrogens (tertiary/aromatic N) is 2. The van der Waals surface area contributed by atoms with Gasteiger partial charge in [0.15, 0.2) is 0 Å². The number of hydrogen-bond donors (Lipinski definition) is 1. The van der Waals surface area contributed by atoms with Gasteiger partial charge >= 0.3 is 0 Å². The molecule has 0 aromatic heterocycles. The van der Waals surface area contributed by atoms with Crippen molar-refractivity contribution < 1.29 is 0 Å². The fraction of sp³-hybridized carbons (Fsp3) is 1.00. The molecule has 3 nitrogen and oxygen atoms in total. The lowest BCUT2D eigenvalue weighted by Gasteiger charge is -2.48. The van der Waals surface area contributed by atoms with Crippen molar-refractivity contribution in [2.75, 3.05) is 33.2 Å². The van der Waals surface area contributed by atoms with Crippen LogP contribution < -0.4 is 5.32 Å². The summed E-state index contributed by atoms with van der Waals surface area (Å²) in [6.07, 6.45) is 1.21. The van der Waals surface area contributed by atoms with Crippen molar-refractivity contribution >= 4 is 0 Å². The van der Waals surface area contributed by atoms with Crippen LogP contribution >= 0.6 is 0 Å². The van der Waals surface area contributed by atoms with E-state index in [0.29, 0.717) is 17.6 Å². The largest absolute Gasteiger partial charge is 0.313 e. The highest BCUT2D eigenvalue weighted by Gasteiger charge is 2.34. The van der Waals surface area contributed by atoms with E-state index < -0.39 is 0 Å². The Morgan fingerprint density at radius 1 is 1.24 bits per heavy atom. The van der Waals surface area contributed by atoms with Gasteiger partial charge in [-0.1, -0.05) is 13.8 Å². The first-order chi connectivity index (χ1) is 7.92. The number of hydrogen-bond acceptors (Lipinski definition) is 3. The molecule has 0 spiro atoms. The molecule has 0 amide bonds. The molecule has 1 heterocycles. The molecule has 0 aromatic rings. The summed E-state index contributed by atoms with van der Waals surface area (Å²) in [5.74, 6) is 0. The molecule has 0 aromatic carbocycles. The van der Waals surface area contributed by atoms with Gasteiger partial charge in [-0.25, -0.2) is 0 Å². The zero-order valence-corrected chi connectivity index (χ0v) is 12.6. The van der Waals surface area contributed by atoms with Crippen LogP contribution in [0.4, 0.5) is 0 Å². The van der Waals surface area contributed by atoms with Gasteiger partial charge in [0.05, 0.1) is 0 Å². The molecule has 2 unspecified atom stereocenters. The Morgan fingerprint density at radius 3 is 2.35 bits per heavy atom. The van der Waals surface area contributed by atoms with E-state index in [1.807, 2.05) is 0 Å². The topological polar surface area (TPSA) is 18.5 Å². The van der Waals surface area contributed by atoms with E-state index in [0.717, 1.165) is 6.54 Å². The minimum absolute atomic E-state index is 0.303. The Labute approximate surface area is 108 Å². The van der Waals surface area contributed by atoms with Crippen LogP contribution in [0.3, 0.4) is 0 Å². The average Bonchev–Trinajstić information content (AvgIpc) is 2.28. The van der Waals surface area contributed by atoms with Crippen molar-refractivity contribution in [3.63, 3.8) is 0 Å². The molecule has 1 fully saturated rings. The van der Waals surface area contributed by atoms with Crippen LogP contribution in [-0.2, 0) is 0 Å². The van der Waals surface area contributed by atoms with Crippen LogP contribution in [0.5, 0.6) is 0 Å². The summed E-state index contributed by atoms with van der Waals surface area (Å²) in [4.78, 5) is 5.13. The summed E-state index contributed by atoms with van der Waals surface area (Å²) in [5.41, 5.74) is 0.303. The summed E-state index contributed by atoms with van der Waals surface area (Å²) in [6, 6.07) is 1.26. The number of nitrogens with one attached hydrogen (secondary N) is 1. The van der Waals surface area contributed by atoms with Gasteiger partial charge in [-0.15, -0.1) is 0 Å². The molecule has 1 aliphatic rings. The van der Waals surface area contributed by atoms with Crippen molar-refractivity contribution in [1.82, 2.24) is 15.1 Å². The summed E-state index contributed by atoms with van der Waals surface area (Å²) in [6.45, 7) is 16.2. The summed E-state index contributed by atoms with van der Waals surface area (Å²) < 4.78 is 0. The molecule has 17 heavy (non-hydrogen) atoms. The third kappa shape index (κ3) is 3.67. The summed E-state index contributed by atoms with van der Waals surface area (Å²) >= 11 is 0. The summed E-state index contributed by atoms with van der Waals surface area (Å²) in [7, 11) is 2.24. The lowest BCUT2D eigenvalue weighted by atomic mass is 9.96. The Kier molecular flexibility index (Phi) is 5.42. The molecule has 102 valence electrons. The highest BCUT2D eigenvalue weighted by molar-refractivity contribution is 4.92. The predicted octanol–water partition coefficient (Wildman–Crippen LogP) is 1.79. The Bertz CT molecular complexity index is 228. The third-order valence-electron chi connectivity index (χ3n) is 4.41. The van der Waals surface area contributed by atoms with Crippen LogP contribution in [0.25, 0.3) is 0 Å². The zero-order chi connectivity index (χ0) is 13.1. The molecule has 1 aliphatic heterocycles. The van der Waals surface area contributed by atoms with Crippen molar-refractivity contribution in [3.8, 4) is 0 Å². The monoisotopic (exact) mass is 241 g/mol. The van der Waals surface area contributed by atoms with E-state index in [4.69, 9.17) is 0 Å². The Morgan fingerprint density at radius 2 is 1.88 bits per heavy atom. The highest BCUT2D eigenvalue weighted by atomic mass is 15.3. The lowest BCUT2D eigenvalue weighted by molar-refractivity contribution is 0.0117. The van der Waals surface area contributed by atoms with Gasteiger partial charge in [-0.05, 0) is 40.8 Å². The van der Waals surface area contributed by atoms with Crippen LogP contribution in [0, 0.1) is 0 Å². The predicted molar refractivity (Wildman–Crippen MR) is 75.5 cm³/mol. The van der Waals surface area contributed by atoms with Crippen molar-refractivity contribution in [2.45, 2.75) is 58.7 Å². The van der Waals surface area contributed by atoms with Gasteiger partial charge in [0.25, 0.3) is 0 Å². The second-order valence-corrected chi connectivity index (χ2v) is 6.02. The fourth-order valence-electron chi connectivity index (χ4n) is 2.80. The van der Waals surface area contributed by atoms with E-state index in [-0.39, 0.29) is 0 Å². The minimum Gasteiger partial charge on any atom is -0.313 e. The molecule has 0 aliphatic carbocycles. The molecule has 3 heteroatoms. The number of likely N-dealkylation sites (N-methyl/N-ethyl adjacent to an activating group) is 2. The number of rotatable bonds is 5. The van der Waals surface area contributed by atoms with E-state index in [9.17, 15) is 0 Å². The molecule has 0 radical (unpaired) electrons. The van der Waals surface area contributed by atoms with Crippen molar-refractivity contribution in [3.05, 3.63) is 0 Å². The van der Waals surface area contributed by atoms with Gasteiger partial charge in [0.1, 0.15) is 0 Å². The Balaban J connectivity index is 2.60. The average molecular weight is 241 g/mol. The van der Waals surface area contributed by atoms with Gasteiger partial charge in [-0.3, -0.25) is 9.80 Å². The third-order valence-corrected chi connectivity index (χ3v) is 4.41. The molecule has 1 saturated heterocycles. The van der Waals surface area contributed by atoms with Crippen LogP contribution in [0.1, 0.15) is 41.0 Å². The zero-order valence-electron chi connectivity index (χ0n) is 12.6. The van der Waals surface area contributed by atoms with Crippen molar-refractivity contribution in [1.29, 1.82) is 0 Å². The van der Waals surface area contributed by atoms with Crippen LogP contribution in [-0.4, -0.2) is 60.6 Å². The number of piperazine rings is 1. The quantitative estimate of drug-likeness (QED) is 0.792. The first kappa shape index (κ1) is 14.9. The van der Waals surface area contributed by atoms with E-state index in [1.54, 1.807) is 0 Å². The molecule has 1 rings (SSSR count). The molecule has 2 atom stereocenters. The van der Waals surface area contributed by atoms with Gasteiger partial charge in [0, 0.05) is 37.3 Å². The van der Waals surface area contributed by atoms with E-state index in [1.165, 1.54) is 26.1 Å². The first-order valence-electron chi connectivity index (χ1n) is 7.11. The van der Waals surface area contributed by atoms with E-state index in [2.05, 4.69) is 56.8 Å². The van der Waals surface area contributed by atoms with Gasteiger partial charge in [-0.2, -0.15) is 0 Å². The van der Waals surface area contributed by atoms with E-state index >= 15 is 0 Å². The fourth-order valence-corrected chi connectivity index (χ4v) is 2.80. The maximum atomic E-state index is 3.61. The lowest BCUT2D eigenvalue weighted by Crippen LogP contribution is -2.62. The highest BCUT2D eigenvalue weighted by Crippen LogP contribution is 2.21. The van der Waals surface area contributed by atoms with Crippen LogP contribution in [0.15, 0.2) is 0 Å². The molecule has 0 saturated carbocycles.